The Morgan fingerprint density at radius 2 is 2.00 bits per heavy atom. The van der Waals surface area contributed by atoms with E-state index in [-0.39, 0.29) is 5.91 Å². The van der Waals surface area contributed by atoms with E-state index < -0.39 is 0 Å². The topological polar surface area (TPSA) is 44.1 Å². The smallest absolute Gasteiger partial charge is 0.222 e. The lowest BCUT2D eigenvalue weighted by Crippen LogP contribution is -2.35. The zero-order chi connectivity index (χ0) is 12.6. The first-order chi connectivity index (χ1) is 7.51. The Bertz CT molecular complexity index is 243. The predicted octanol–water partition coefficient (Wildman–Crippen LogP) is 2.82. The van der Waals surface area contributed by atoms with Crippen molar-refractivity contribution in [1.82, 2.24) is 4.90 Å². The van der Waals surface area contributed by atoms with E-state index in [1.54, 1.807) is 0 Å². The molecule has 1 amide bonds. The summed E-state index contributed by atoms with van der Waals surface area (Å²) in [5.41, 5.74) is 0. The van der Waals surface area contributed by atoms with Crippen LogP contribution in [0.1, 0.15) is 47.0 Å². The second kappa shape index (κ2) is 8.15. The summed E-state index contributed by atoms with van der Waals surface area (Å²) in [7, 11) is 0. The number of rotatable bonds is 7. The van der Waals surface area contributed by atoms with Crippen LogP contribution in [0, 0.1) is 23.2 Å². The minimum Gasteiger partial charge on any atom is -0.341 e. The van der Waals surface area contributed by atoms with Crippen LogP contribution < -0.4 is 0 Å². The number of carbonyl (C=O) groups excluding carboxylic acids is 1. The van der Waals surface area contributed by atoms with E-state index in [0.29, 0.717) is 31.2 Å². The first-order valence-corrected chi connectivity index (χ1v) is 6.15. The van der Waals surface area contributed by atoms with Crippen LogP contribution >= 0.6 is 0 Å². The molecule has 0 heterocycles. The maximum atomic E-state index is 12.0. The van der Waals surface area contributed by atoms with Crippen molar-refractivity contribution in [3.8, 4) is 6.07 Å². The SMILES string of the molecule is CCC(C)CC(=O)N(CCC#N)CC(C)C. The Morgan fingerprint density at radius 1 is 1.38 bits per heavy atom. The van der Waals surface area contributed by atoms with Crippen molar-refractivity contribution >= 4 is 5.91 Å². The highest BCUT2D eigenvalue weighted by molar-refractivity contribution is 5.76. The molecule has 0 bridgehead atoms. The van der Waals surface area contributed by atoms with E-state index in [4.69, 9.17) is 5.26 Å². The molecule has 0 aliphatic carbocycles. The first-order valence-electron chi connectivity index (χ1n) is 6.15. The van der Waals surface area contributed by atoms with Crippen molar-refractivity contribution in [1.29, 1.82) is 5.26 Å². The highest BCUT2D eigenvalue weighted by atomic mass is 16.2. The van der Waals surface area contributed by atoms with Crippen LogP contribution in [0.4, 0.5) is 0 Å². The maximum absolute atomic E-state index is 12.0. The van der Waals surface area contributed by atoms with Crippen LogP contribution in [-0.2, 0) is 4.79 Å². The molecule has 0 aromatic heterocycles. The summed E-state index contributed by atoms with van der Waals surface area (Å²) >= 11 is 0. The van der Waals surface area contributed by atoms with E-state index in [2.05, 4.69) is 33.8 Å². The van der Waals surface area contributed by atoms with Crippen LogP contribution in [0.2, 0.25) is 0 Å². The van der Waals surface area contributed by atoms with Crippen molar-refractivity contribution in [3.63, 3.8) is 0 Å². The van der Waals surface area contributed by atoms with Gasteiger partial charge in [0.2, 0.25) is 5.91 Å². The zero-order valence-electron chi connectivity index (χ0n) is 11.0. The Labute approximate surface area is 99.4 Å². The van der Waals surface area contributed by atoms with Crippen LogP contribution in [0.3, 0.4) is 0 Å². The summed E-state index contributed by atoms with van der Waals surface area (Å²) in [4.78, 5) is 13.8. The summed E-state index contributed by atoms with van der Waals surface area (Å²) in [5, 5.41) is 8.57. The molecule has 1 unspecified atom stereocenters. The molecule has 92 valence electrons. The van der Waals surface area contributed by atoms with E-state index in [1.165, 1.54) is 0 Å². The van der Waals surface area contributed by atoms with Gasteiger partial charge in [0.15, 0.2) is 0 Å². The van der Waals surface area contributed by atoms with Gasteiger partial charge in [0, 0.05) is 19.5 Å². The van der Waals surface area contributed by atoms with Crippen molar-refractivity contribution < 1.29 is 4.79 Å². The molecular formula is C13H24N2O. The van der Waals surface area contributed by atoms with Gasteiger partial charge in [-0.25, -0.2) is 0 Å². The van der Waals surface area contributed by atoms with Crippen LogP contribution in [-0.4, -0.2) is 23.9 Å². The fourth-order valence-electron chi connectivity index (χ4n) is 1.52. The van der Waals surface area contributed by atoms with Crippen LogP contribution in [0.5, 0.6) is 0 Å². The number of hydrogen-bond acceptors (Lipinski definition) is 2. The second-order valence-electron chi connectivity index (χ2n) is 4.86. The van der Waals surface area contributed by atoms with E-state index in [9.17, 15) is 4.79 Å². The summed E-state index contributed by atoms with van der Waals surface area (Å²) in [6.07, 6.45) is 2.06. The molecule has 3 heteroatoms. The number of nitrogens with zero attached hydrogens (tertiary/aromatic N) is 2. The minimum absolute atomic E-state index is 0.193. The predicted molar refractivity (Wildman–Crippen MR) is 65.7 cm³/mol. The van der Waals surface area contributed by atoms with Gasteiger partial charge in [-0.3, -0.25) is 4.79 Å². The number of nitriles is 1. The summed E-state index contributed by atoms with van der Waals surface area (Å²) < 4.78 is 0. The fraction of sp³-hybridized carbons (Fsp3) is 0.846. The molecule has 0 rings (SSSR count). The molecule has 0 N–H and O–H groups in total. The molecule has 0 fully saturated rings. The van der Waals surface area contributed by atoms with Gasteiger partial charge in [-0.05, 0) is 11.8 Å². The molecule has 0 aromatic rings. The Hall–Kier alpha value is -1.04. The van der Waals surface area contributed by atoms with Gasteiger partial charge in [-0.15, -0.1) is 0 Å². The third-order valence-electron chi connectivity index (χ3n) is 2.65. The molecular weight excluding hydrogens is 200 g/mol. The van der Waals surface area contributed by atoms with Crippen LogP contribution in [0.25, 0.3) is 0 Å². The number of carbonyl (C=O) groups is 1. The molecule has 0 spiro atoms. The van der Waals surface area contributed by atoms with Gasteiger partial charge >= 0.3 is 0 Å². The first kappa shape index (κ1) is 15.0. The lowest BCUT2D eigenvalue weighted by Gasteiger charge is -2.24. The lowest BCUT2D eigenvalue weighted by atomic mass is 10.0. The molecule has 0 saturated carbocycles. The highest BCUT2D eigenvalue weighted by Crippen LogP contribution is 2.11. The Balaban J connectivity index is 4.26. The molecule has 3 nitrogen and oxygen atoms in total. The van der Waals surface area contributed by atoms with Gasteiger partial charge in [0.25, 0.3) is 0 Å². The summed E-state index contributed by atoms with van der Waals surface area (Å²) in [5.74, 6) is 1.09. The Morgan fingerprint density at radius 3 is 2.44 bits per heavy atom. The molecule has 0 radical (unpaired) electrons. The van der Waals surface area contributed by atoms with Crippen molar-refractivity contribution in [3.05, 3.63) is 0 Å². The van der Waals surface area contributed by atoms with Gasteiger partial charge in [-0.2, -0.15) is 5.26 Å². The molecule has 0 saturated heterocycles. The van der Waals surface area contributed by atoms with Crippen molar-refractivity contribution in [2.45, 2.75) is 47.0 Å². The average molecular weight is 224 g/mol. The van der Waals surface area contributed by atoms with Crippen LogP contribution in [0.15, 0.2) is 0 Å². The standard InChI is InChI=1S/C13H24N2O/c1-5-12(4)9-13(16)15(8-6-7-14)10-11(2)3/h11-12H,5-6,8-10H2,1-4H3. The second-order valence-corrected chi connectivity index (χ2v) is 4.86. The lowest BCUT2D eigenvalue weighted by molar-refractivity contribution is -0.132. The molecule has 1 atom stereocenters. The van der Waals surface area contributed by atoms with Crippen molar-refractivity contribution in [2.75, 3.05) is 13.1 Å². The zero-order valence-corrected chi connectivity index (χ0v) is 11.0. The van der Waals surface area contributed by atoms with Gasteiger partial charge in [0.1, 0.15) is 0 Å². The molecule has 16 heavy (non-hydrogen) atoms. The van der Waals surface area contributed by atoms with E-state index in [0.717, 1.165) is 13.0 Å². The fourth-order valence-corrected chi connectivity index (χ4v) is 1.52. The van der Waals surface area contributed by atoms with Gasteiger partial charge in [0.05, 0.1) is 12.5 Å². The van der Waals surface area contributed by atoms with E-state index in [1.807, 2.05) is 4.90 Å². The normalized spacial score (nSPS) is 12.2. The van der Waals surface area contributed by atoms with Gasteiger partial charge in [-0.1, -0.05) is 34.1 Å². The summed E-state index contributed by atoms with van der Waals surface area (Å²) in [6, 6.07) is 2.10. The summed E-state index contributed by atoms with van der Waals surface area (Å²) in [6.45, 7) is 9.71. The number of hydrogen-bond donors (Lipinski definition) is 0. The molecule has 0 aliphatic heterocycles. The molecule has 0 aromatic carbocycles. The average Bonchev–Trinajstić information content (AvgIpc) is 2.23. The van der Waals surface area contributed by atoms with Crippen molar-refractivity contribution in [2.24, 2.45) is 11.8 Å². The maximum Gasteiger partial charge on any atom is 0.222 e. The third kappa shape index (κ3) is 6.44. The highest BCUT2D eigenvalue weighted by Gasteiger charge is 2.16. The Kier molecular flexibility index (Phi) is 7.62. The third-order valence-corrected chi connectivity index (χ3v) is 2.65. The largest absolute Gasteiger partial charge is 0.341 e. The quantitative estimate of drug-likeness (QED) is 0.667. The number of amides is 1. The minimum atomic E-state index is 0.193. The monoisotopic (exact) mass is 224 g/mol. The van der Waals surface area contributed by atoms with Gasteiger partial charge < -0.3 is 4.90 Å². The molecule has 0 aliphatic rings. The van der Waals surface area contributed by atoms with E-state index >= 15 is 0 Å².